The molecule has 2 aliphatic heterocycles. The maximum atomic E-state index is 7.41. The van der Waals surface area contributed by atoms with E-state index in [0.717, 1.165) is 23.1 Å². The highest BCUT2D eigenvalue weighted by atomic mass is 31.2. The van der Waals surface area contributed by atoms with Crippen molar-refractivity contribution >= 4 is 22.3 Å². The quantitative estimate of drug-likeness (QED) is 0.0445. The van der Waals surface area contributed by atoms with Crippen LogP contribution in [0.25, 0.3) is 9.69 Å². The van der Waals surface area contributed by atoms with Crippen LogP contribution in [0.5, 0.6) is 0 Å². The van der Waals surface area contributed by atoms with Gasteiger partial charge in [-0.1, -0.05) is 98.4 Å². The van der Waals surface area contributed by atoms with Crippen molar-refractivity contribution in [3.05, 3.63) is 131 Å². The van der Waals surface area contributed by atoms with Crippen molar-refractivity contribution in [2.75, 3.05) is 39.5 Å². The Morgan fingerprint density at radius 2 is 1.21 bits per heavy atom. The van der Waals surface area contributed by atoms with Gasteiger partial charge < -0.3 is 37.3 Å². The molecular weight excluding hydrogens is 768 g/mol. The minimum absolute atomic E-state index is 0. The van der Waals surface area contributed by atoms with Gasteiger partial charge in [0.1, 0.15) is 13.2 Å². The number of nitrogens with one attached hydrogen (secondary N) is 2. The Hall–Kier alpha value is -2.99. The van der Waals surface area contributed by atoms with E-state index in [-0.39, 0.29) is 88.9 Å². The van der Waals surface area contributed by atoms with E-state index in [1.54, 1.807) is 0 Å². The van der Waals surface area contributed by atoms with Gasteiger partial charge in [-0.25, -0.2) is 22.9 Å². The lowest BCUT2D eigenvalue weighted by Gasteiger charge is -2.40. The fourth-order valence-electron chi connectivity index (χ4n) is 7.85. The Kier molecular flexibility index (Phi) is 19.0. The van der Waals surface area contributed by atoms with Gasteiger partial charge >= 0.3 is 0 Å². The Bertz CT molecular complexity index is 1670. The van der Waals surface area contributed by atoms with Crippen LogP contribution in [0.1, 0.15) is 78.5 Å². The molecule has 2 heterocycles. The highest BCUT2D eigenvalue weighted by molar-refractivity contribution is 7.62. The van der Waals surface area contributed by atoms with Gasteiger partial charge in [0.2, 0.25) is 13.1 Å². The molecule has 0 spiro atoms. The molecule has 8 atom stereocenters. The van der Waals surface area contributed by atoms with E-state index < -0.39 is 21.6 Å². The molecule has 0 aliphatic carbocycles. The highest BCUT2D eigenvalue weighted by Crippen LogP contribution is 2.49. The lowest BCUT2D eigenvalue weighted by molar-refractivity contribution is 0.0108. The summed E-state index contributed by atoms with van der Waals surface area (Å²) < 4.78 is 41.0. The summed E-state index contributed by atoms with van der Waals surface area (Å²) in [4.78, 5) is 6.99. The molecule has 0 aromatic heterocycles. The first kappa shape index (κ1) is 47.7. The van der Waals surface area contributed by atoms with Gasteiger partial charge in [-0.3, -0.25) is 5.32 Å². The van der Waals surface area contributed by atoms with Crippen LogP contribution in [0.3, 0.4) is 0 Å². The molecule has 2 fully saturated rings. The normalized spacial score (nSPS) is 23.6. The van der Waals surface area contributed by atoms with E-state index in [9.17, 15) is 0 Å². The highest BCUT2D eigenvalue weighted by Gasteiger charge is 2.44. The van der Waals surface area contributed by atoms with Gasteiger partial charge in [0.05, 0.1) is 43.2 Å². The van der Waals surface area contributed by atoms with Crippen molar-refractivity contribution in [2.45, 2.75) is 116 Å². The zero-order chi connectivity index (χ0) is 40.8. The van der Waals surface area contributed by atoms with Gasteiger partial charge in [-0.15, -0.1) is 0 Å². The summed E-state index contributed by atoms with van der Waals surface area (Å²) in [6.07, 6.45) is 5.29. The molecule has 2 aliphatic rings. The van der Waals surface area contributed by atoms with E-state index in [1.807, 2.05) is 25.1 Å². The van der Waals surface area contributed by atoms with Crippen molar-refractivity contribution in [2.24, 2.45) is 0 Å². The fraction of sp³-hybridized carbons (Fsp3) is 0.533. The third-order valence-corrected chi connectivity index (χ3v) is 14.2. The monoisotopic (exact) mass is 833 g/mol. The second kappa shape index (κ2) is 23.1. The average molecular weight is 834 g/mol. The van der Waals surface area contributed by atoms with Crippen LogP contribution in [-0.2, 0) is 33.1 Å². The van der Waals surface area contributed by atoms with E-state index in [4.69, 9.17) is 40.7 Å². The molecule has 4 unspecified atom stereocenters. The molecule has 316 valence electrons. The second-order valence-corrected chi connectivity index (χ2v) is 18.9. The lowest BCUT2D eigenvalue weighted by Crippen LogP contribution is -2.53. The Morgan fingerprint density at radius 1 is 0.741 bits per heavy atom. The number of ether oxygens (including phenoxy) is 2. The zero-order valence-electron chi connectivity index (χ0n) is 34.3. The first-order valence-electron chi connectivity index (χ1n) is 20.1. The summed E-state index contributed by atoms with van der Waals surface area (Å²) in [6, 6.07) is 31.8. The van der Waals surface area contributed by atoms with Crippen LogP contribution in [0.2, 0.25) is 0 Å². The van der Waals surface area contributed by atoms with Gasteiger partial charge in [0, 0.05) is 24.2 Å². The summed E-state index contributed by atoms with van der Waals surface area (Å²) >= 11 is 0. The van der Waals surface area contributed by atoms with E-state index in [1.165, 1.54) is 0 Å². The molecule has 5 rings (SSSR count). The fourth-order valence-corrected chi connectivity index (χ4v) is 11.2. The van der Waals surface area contributed by atoms with Crippen molar-refractivity contribution in [3.63, 3.8) is 0 Å². The first-order valence-corrected chi connectivity index (χ1v) is 23.0. The number of benzene rings is 3. The van der Waals surface area contributed by atoms with Crippen molar-refractivity contribution in [1.29, 1.82) is 0 Å². The summed E-state index contributed by atoms with van der Waals surface area (Å²) in [6.45, 7) is 28.7. The molecule has 0 saturated carbocycles. The minimum Gasteiger partial charge on any atom is -0.371 e. The molecular formula is C45H65N5O6P2. The summed E-state index contributed by atoms with van der Waals surface area (Å²) in [5, 5.41) is 7.77. The smallest absolute Gasteiger partial charge is 0.259 e. The SMILES string of the molecule is C.[C-]#[N+]CCOP(OC[C@H]1O[C@@H](C)CC1NP(=C)(OCC[N+]#[C-])OC[C@H]1O[C@@H](C)CC1NC(c1ccccc1)(c1ccccc1)c1ccccc1)N(C(C)C)C(C)C. The molecule has 0 amide bonds. The van der Waals surface area contributed by atoms with E-state index in [0.29, 0.717) is 13.0 Å². The molecule has 13 heteroatoms. The Labute approximate surface area is 349 Å². The van der Waals surface area contributed by atoms with Gasteiger partial charge in [0.25, 0.3) is 8.53 Å². The standard InChI is InChI=1S/C44H61N5O6P2.CH4/c1-33(2)49(34(3)4)56(50-27-25-45-7)51-31-42-41(30-36(6)54-42)48-57(9,52-28-26-46-8)53-32-43-40(29-35(5)55-43)47-44(37-19-13-10-14-20-37,38-21-15-11-16-22-38)39-23-17-12-18-24-39;/h10-24,33-36,40-43,47-48H,9,25-32H2,1-6H3;1H4/t35-,36-,40?,41?,42+,43+,56?,57?;/m0./s1. The largest absolute Gasteiger partial charge is 0.371 e. The molecule has 2 saturated heterocycles. The molecule has 2 N–H and O–H groups in total. The van der Waals surface area contributed by atoms with Crippen molar-refractivity contribution < 1.29 is 27.6 Å². The summed E-state index contributed by atoms with van der Waals surface area (Å²) in [5.74, 6) is 0. The van der Waals surface area contributed by atoms with Crippen LogP contribution in [-0.4, -0.2) is 99.1 Å². The second-order valence-electron chi connectivity index (χ2n) is 15.3. The Morgan fingerprint density at radius 3 is 1.69 bits per heavy atom. The number of nitrogens with zero attached hydrogens (tertiary/aromatic N) is 3. The first-order chi connectivity index (χ1) is 27.5. The van der Waals surface area contributed by atoms with Crippen LogP contribution < -0.4 is 10.4 Å². The average Bonchev–Trinajstić information content (AvgIpc) is 3.74. The molecule has 0 radical (unpaired) electrons. The summed E-state index contributed by atoms with van der Waals surface area (Å²) in [7, 11) is -4.45. The van der Waals surface area contributed by atoms with Gasteiger partial charge in [0.15, 0.2) is 7.49 Å². The van der Waals surface area contributed by atoms with Crippen LogP contribution in [0.4, 0.5) is 0 Å². The van der Waals surface area contributed by atoms with Gasteiger partial charge in [-0.2, -0.15) is 0 Å². The van der Waals surface area contributed by atoms with Crippen molar-refractivity contribution in [1.82, 2.24) is 15.1 Å². The maximum Gasteiger partial charge on any atom is 0.259 e. The van der Waals surface area contributed by atoms with Gasteiger partial charge in [-0.05, 0) is 77.4 Å². The number of rotatable bonds is 22. The molecule has 11 nitrogen and oxygen atoms in total. The van der Waals surface area contributed by atoms with Crippen LogP contribution in [0, 0.1) is 13.1 Å². The summed E-state index contributed by atoms with van der Waals surface area (Å²) in [5.41, 5.74) is 2.70. The number of hydrogen-bond acceptors (Lipinski definition) is 9. The predicted octanol–water partition coefficient (Wildman–Crippen LogP) is 9.33. The maximum absolute atomic E-state index is 7.41. The third-order valence-electron chi connectivity index (χ3n) is 10.2. The molecule has 0 bridgehead atoms. The molecule has 58 heavy (non-hydrogen) atoms. The zero-order valence-corrected chi connectivity index (χ0v) is 36.1. The molecule has 3 aromatic rings. The topological polar surface area (TPSA) is 91.4 Å². The van der Waals surface area contributed by atoms with Crippen LogP contribution in [0.15, 0.2) is 91.0 Å². The predicted molar refractivity (Wildman–Crippen MR) is 238 cm³/mol. The van der Waals surface area contributed by atoms with E-state index in [2.05, 4.69) is 138 Å². The minimum atomic E-state index is -3.01. The lowest BCUT2D eigenvalue weighted by atomic mass is 9.76. The van der Waals surface area contributed by atoms with E-state index >= 15 is 0 Å². The Balaban J connectivity index is 0.00000744. The third kappa shape index (κ3) is 12.5. The van der Waals surface area contributed by atoms with Crippen LogP contribution >= 0.6 is 16.0 Å². The van der Waals surface area contributed by atoms with Crippen molar-refractivity contribution in [3.8, 4) is 0 Å². The molecule has 3 aromatic carbocycles. The number of hydrogen-bond donors (Lipinski definition) is 2.